The van der Waals surface area contributed by atoms with E-state index < -0.39 is 0 Å². The van der Waals surface area contributed by atoms with Gasteiger partial charge in [-0.05, 0) is 37.6 Å². The maximum atomic E-state index is 5.35. The van der Waals surface area contributed by atoms with Gasteiger partial charge in [0.15, 0.2) is 0 Å². The third-order valence-electron chi connectivity index (χ3n) is 4.25. The Morgan fingerprint density at radius 3 is 1.82 bits per heavy atom. The molecule has 1 aromatic heterocycles. The molecule has 0 fully saturated rings. The standard InChI is InChI=1S/C20H36OS/c1-2-21-18-14-12-10-8-6-4-3-5-7-9-11-13-16-20-17-15-19-22-20/h15,17,19H,2-14,16,18H2,1H3. The van der Waals surface area contributed by atoms with Crippen molar-refractivity contribution in [3.63, 3.8) is 0 Å². The van der Waals surface area contributed by atoms with Crippen LogP contribution in [0, 0.1) is 0 Å². The molecule has 1 aromatic rings. The van der Waals surface area contributed by atoms with Crippen LogP contribution in [0.4, 0.5) is 0 Å². The Morgan fingerprint density at radius 1 is 0.773 bits per heavy atom. The lowest BCUT2D eigenvalue weighted by atomic mass is 10.0. The van der Waals surface area contributed by atoms with E-state index in [4.69, 9.17) is 4.74 Å². The first-order valence-electron chi connectivity index (χ1n) is 9.53. The van der Waals surface area contributed by atoms with Crippen LogP contribution in [0.15, 0.2) is 17.5 Å². The molecule has 1 nitrogen and oxygen atoms in total. The van der Waals surface area contributed by atoms with E-state index in [0.717, 1.165) is 13.2 Å². The first-order valence-corrected chi connectivity index (χ1v) is 10.4. The van der Waals surface area contributed by atoms with Crippen molar-refractivity contribution in [1.29, 1.82) is 0 Å². The van der Waals surface area contributed by atoms with E-state index in [0.29, 0.717) is 0 Å². The molecule has 0 aliphatic heterocycles. The van der Waals surface area contributed by atoms with Gasteiger partial charge in [-0.25, -0.2) is 0 Å². The molecule has 0 aromatic carbocycles. The SMILES string of the molecule is CCOCCCCCCCCCCCCCCc1cccs1. The monoisotopic (exact) mass is 324 g/mol. The predicted molar refractivity (Wildman–Crippen MR) is 99.9 cm³/mol. The van der Waals surface area contributed by atoms with Gasteiger partial charge in [-0.15, -0.1) is 11.3 Å². The van der Waals surface area contributed by atoms with Crippen LogP contribution < -0.4 is 0 Å². The number of unbranched alkanes of at least 4 members (excludes halogenated alkanes) is 11. The minimum Gasteiger partial charge on any atom is -0.382 e. The molecular formula is C20H36OS. The van der Waals surface area contributed by atoms with Gasteiger partial charge >= 0.3 is 0 Å². The Bertz CT molecular complexity index is 308. The number of aryl methyl sites for hydroxylation is 1. The van der Waals surface area contributed by atoms with E-state index in [2.05, 4.69) is 24.4 Å². The summed E-state index contributed by atoms with van der Waals surface area (Å²) in [6.45, 7) is 3.90. The normalized spacial score (nSPS) is 11.1. The zero-order valence-corrected chi connectivity index (χ0v) is 15.5. The van der Waals surface area contributed by atoms with Crippen LogP contribution >= 0.6 is 11.3 Å². The molecule has 0 unspecified atom stereocenters. The molecule has 22 heavy (non-hydrogen) atoms. The van der Waals surface area contributed by atoms with E-state index in [-0.39, 0.29) is 0 Å². The van der Waals surface area contributed by atoms with E-state index in [1.165, 1.54) is 83.5 Å². The maximum Gasteiger partial charge on any atom is 0.0465 e. The number of thiophene rings is 1. The average Bonchev–Trinajstić information content (AvgIpc) is 3.04. The highest BCUT2D eigenvalue weighted by Gasteiger charge is 1.96. The summed E-state index contributed by atoms with van der Waals surface area (Å²) in [6.07, 6.45) is 18.2. The lowest BCUT2D eigenvalue weighted by molar-refractivity contribution is 0.143. The Balaban J connectivity index is 1.68. The van der Waals surface area contributed by atoms with Crippen LogP contribution in [-0.2, 0) is 11.2 Å². The molecule has 128 valence electrons. The van der Waals surface area contributed by atoms with Crippen LogP contribution in [0.5, 0.6) is 0 Å². The van der Waals surface area contributed by atoms with Gasteiger partial charge in [0, 0.05) is 18.1 Å². The summed E-state index contributed by atoms with van der Waals surface area (Å²) in [5.41, 5.74) is 0. The van der Waals surface area contributed by atoms with Crippen molar-refractivity contribution in [2.45, 2.75) is 90.4 Å². The first-order chi connectivity index (χ1) is 10.9. The van der Waals surface area contributed by atoms with Crippen molar-refractivity contribution in [3.05, 3.63) is 22.4 Å². The smallest absolute Gasteiger partial charge is 0.0465 e. The average molecular weight is 325 g/mol. The van der Waals surface area contributed by atoms with Crippen molar-refractivity contribution < 1.29 is 4.74 Å². The van der Waals surface area contributed by atoms with Crippen molar-refractivity contribution >= 4 is 11.3 Å². The van der Waals surface area contributed by atoms with Gasteiger partial charge < -0.3 is 4.74 Å². The summed E-state index contributed by atoms with van der Waals surface area (Å²) in [5.74, 6) is 0. The topological polar surface area (TPSA) is 9.23 Å². The second-order valence-corrected chi connectivity index (χ2v) is 7.30. The van der Waals surface area contributed by atoms with Gasteiger partial charge in [0.05, 0.1) is 0 Å². The summed E-state index contributed by atoms with van der Waals surface area (Å²) in [6, 6.07) is 4.43. The minimum absolute atomic E-state index is 0.869. The molecule has 1 heterocycles. The molecule has 0 N–H and O–H groups in total. The Kier molecular flexibility index (Phi) is 13.9. The molecular weight excluding hydrogens is 288 g/mol. The lowest BCUT2D eigenvalue weighted by Crippen LogP contribution is -1.92. The molecule has 2 heteroatoms. The highest BCUT2D eigenvalue weighted by molar-refractivity contribution is 7.09. The largest absolute Gasteiger partial charge is 0.382 e. The van der Waals surface area contributed by atoms with Gasteiger partial charge in [-0.3, -0.25) is 0 Å². The number of hydrogen-bond acceptors (Lipinski definition) is 2. The molecule has 1 rings (SSSR count). The van der Waals surface area contributed by atoms with E-state index >= 15 is 0 Å². The van der Waals surface area contributed by atoms with Crippen LogP contribution in [-0.4, -0.2) is 13.2 Å². The Labute approximate surface area is 142 Å². The third kappa shape index (κ3) is 12.2. The highest BCUT2D eigenvalue weighted by atomic mass is 32.1. The van der Waals surface area contributed by atoms with E-state index in [1.807, 2.05) is 11.3 Å². The van der Waals surface area contributed by atoms with Crippen LogP contribution in [0.2, 0.25) is 0 Å². The summed E-state index contributed by atoms with van der Waals surface area (Å²) in [4.78, 5) is 1.56. The maximum absolute atomic E-state index is 5.35. The zero-order valence-electron chi connectivity index (χ0n) is 14.7. The van der Waals surface area contributed by atoms with Gasteiger partial charge in [0.1, 0.15) is 0 Å². The lowest BCUT2D eigenvalue weighted by Gasteiger charge is -2.03. The fraction of sp³-hybridized carbons (Fsp3) is 0.800. The Morgan fingerprint density at radius 2 is 1.32 bits per heavy atom. The molecule has 0 spiro atoms. The van der Waals surface area contributed by atoms with Gasteiger partial charge in [-0.1, -0.05) is 70.3 Å². The van der Waals surface area contributed by atoms with Crippen LogP contribution in [0.3, 0.4) is 0 Å². The Hall–Kier alpha value is -0.340. The number of rotatable bonds is 16. The number of ether oxygens (including phenoxy) is 1. The van der Waals surface area contributed by atoms with Crippen LogP contribution in [0.25, 0.3) is 0 Å². The summed E-state index contributed by atoms with van der Waals surface area (Å²) < 4.78 is 5.35. The van der Waals surface area contributed by atoms with Gasteiger partial charge in [0.2, 0.25) is 0 Å². The van der Waals surface area contributed by atoms with Gasteiger partial charge in [-0.2, -0.15) is 0 Å². The molecule has 0 saturated carbocycles. The molecule has 0 aliphatic rings. The second kappa shape index (κ2) is 15.6. The predicted octanol–water partition coefficient (Wildman–Crippen LogP) is 7.01. The van der Waals surface area contributed by atoms with Crippen molar-refractivity contribution in [3.8, 4) is 0 Å². The highest BCUT2D eigenvalue weighted by Crippen LogP contribution is 2.15. The van der Waals surface area contributed by atoms with Crippen molar-refractivity contribution in [2.24, 2.45) is 0 Å². The number of hydrogen-bond donors (Lipinski definition) is 0. The van der Waals surface area contributed by atoms with E-state index in [9.17, 15) is 0 Å². The van der Waals surface area contributed by atoms with E-state index in [1.54, 1.807) is 4.88 Å². The third-order valence-corrected chi connectivity index (χ3v) is 5.18. The molecule has 0 atom stereocenters. The molecule has 0 saturated heterocycles. The first kappa shape index (κ1) is 19.7. The quantitative estimate of drug-likeness (QED) is 0.297. The van der Waals surface area contributed by atoms with Crippen molar-refractivity contribution in [1.82, 2.24) is 0 Å². The van der Waals surface area contributed by atoms with Crippen LogP contribution in [0.1, 0.15) is 88.9 Å². The molecule has 0 amide bonds. The van der Waals surface area contributed by atoms with Gasteiger partial charge in [0.25, 0.3) is 0 Å². The summed E-state index contributed by atoms with van der Waals surface area (Å²) in [7, 11) is 0. The minimum atomic E-state index is 0.869. The zero-order chi connectivity index (χ0) is 15.7. The summed E-state index contributed by atoms with van der Waals surface area (Å²) in [5, 5.41) is 2.19. The second-order valence-electron chi connectivity index (χ2n) is 6.27. The summed E-state index contributed by atoms with van der Waals surface area (Å²) >= 11 is 1.90. The molecule has 0 aliphatic carbocycles. The fourth-order valence-corrected chi connectivity index (χ4v) is 3.62. The molecule has 0 bridgehead atoms. The van der Waals surface area contributed by atoms with Crippen molar-refractivity contribution in [2.75, 3.05) is 13.2 Å². The molecule has 0 radical (unpaired) electrons. The fourth-order valence-electron chi connectivity index (χ4n) is 2.87.